The summed E-state index contributed by atoms with van der Waals surface area (Å²) in [7, 11) is 0. The van der Waals surface area contributed by atoms with Crippen LogP contribution in [0.1, 0.15) is 43.4 Å². The van der Waals surface area contributed by atoms with Gasteiger partial charge in [0.1, 0.15) is 0 Å². The lowest BCUT2D eigenvalue weighted by molar-refractivity contribution is -0.149. The summed E-state index contributed by atoms with van der Waals surface area (Å²) in [6.07, 6.45) is 2.85. The molecule has 0 heterocycles. The van der Waals surface area contributed by atoms with Gasteiger partial charge in [-0.2, -0.15) is 0 Å². The van der Waals surface area contributed by atoms with Crippen molar-refractivity contribution in [2.24, 2.45) is 23.7 Å². The first-order valence-corrected chi connectivity index (χ1v) is 8.07. The number of hydrogen-bond donors (Lipinski definition) is 2. The number of amides is 1. The second kappa shape index (κ2) is 5.75. The lowest BCUT2D eigenvalue weighted by atomic mass is 9.78. The number of benzene rings is 1. The van der Waals surface area contributed by atoms with Gasteiger partial charge in [0.25, 0.3) is 0 Å². The smallest absolute Gasteiger partial charge is 0.307 e. The van der Waals surface area contributed by atoms with E-state index in [1.165, 1.54) is 5.56 Å². The Morgan fingerprint density at radius 1 is 1.14 bits per heavy atom. The average Bonchev–Trinajstić information content (AvgIpc) is 3.08. The number of carbonyl (C=O) groups excluding carboxylic acids is 1. The molecule has 22 heavy (non-hydrogen) atoms. The Bertz CT molecular complexity index is 580. The molecule has 118 valence electrons. The van der Waals surface area contributed by atoms with E-state index >= 15 is 0 Å². The Hall–Kier alpha value is -1.84. The van der Waals surface area contributed by atoms with Crippen LogP contribution in [0, 0.1) is 30.6 Å². The maximum absolute atomic E-state index is 12.6. The highest BCUT2D eigenvalue weighted by molar-refractivity contribution is 5.86. The summed E-state index contributed by atoms with van der Waals surface area (Å²) in [6, 6.07) is 7.97. The summed E-state index contributed by atoms with van der Waals surface area (Å²) in [4.78, 5) is 24.1. The molecule has 2 aliphatic rings. The van der Waals surface area contributed by atoms with Crippen LogP contribution >= 0.6 is 0 Å². The van der Waals surface area contributed by atoms with Crippen molar-refractivity contribution in [1.29, 1.82) is 0 Å². The van der Waals surface area contributed by atoms with E-state index < -0.39 is 11.9 Å². The van der Waals surface area contributed by atoms with E-state index in [2.05, 4.69) is 5.32 Å². The van der Waals surface area contributed by atoms with Gasteiger partial charge in [0.15, 0.2) is 0 Å². The van der Waals surface area contributed by atoms with Gasteiger partial charge in [-0.1, -0.05) is 29.8 Å². The molecule has 1 aromatic rings. The topological polar surface area (TPSA) is 66.4 Å². The summed E-state index contributed by atoms with van der Waals surface area (Å²) >= 11 is 0. The Morgan fingerprint density at radius 2 is 1.73 bits per heavy atom. The molecule has 2 fully saturated rings. The molecule has 0 radical (unpaired) electrons. The van der Waals surface area contributed by atoms with Gasteiger partial charge in [0.05, 0.1) is 17.9 Å². The Kier molecular flexibility index (Phi) is 3.94. The number of aliphatic carboxylic acids is 1. The van der Waals surface area contributed by atoms with E-state index in [0.717, 1.165) is 24.8 Å². The molecule has 4 nitrogen and oxygen atoms in total. The molecule has 1 aromatic carbocycles. The summed E-state index contributed by atoms with van der Waals surface area (Å²) in [5, 5.41) is 12.5. The van der Waals surface area contributed by atoms with Gasteiger partial charge in [-0.15, -0.1) is 0 Å². The van der Waals surface area contributed by atoms with Crippen molar-refractivity contribution in [1.82, 2.24) is 5.32 Å². The third-order valence-electron chi connectivity index (χ3n) is 5.44. The predicted octanol–water partition coefficient (Wildman–Crippen LogP) is 2.92. The molecule has 2 N–H and O–H groups in total. The highest BCUT2D eigenvalue weighted by Gasteiger charge is 2.54. The van der Waals surface area contributed by atoms with Gasteiger partial charge in [0, 0.05) is 0 Å². The quantitative estimate of drug-likeness (QED) is 0.898. The third kappa shape index (κ3) is 2.62. The second-order valence-corrected chi connectivity index (χ2v) is 6.86. The largest absolute Gasteiger partial charge is 0.481 e. The minimum absolute atomic E-state index is 0.0901. The van der Waals surface area contributed by atoms with E-state index in [9.17, 15) is 14.7 Å². The molecule has 0 unspecified atom stereocenters. The number of hydrogen-bond acceptors (Lipinski definition) is 2. The molecule has 0 spiro atoms. The third-order valence-corrected chi connectivity index (χ3v) is 5.44. The number of carbonyl (C=O) groups is 2. The van der Waals surface area contributed by atoms with E-state index in [4.69, 9.17) is 0 Å². The number of carboxylic acid groups (broad SMARTS) is 1. The summed E-state index contributed by atoms with van der Waals surface area (Å²) < 4.78 is 0. The number of nitrogens with one attached hydrogen (secondary N) is 1. The number of carboxylic acids is 1. The zero-order valence-electron chi connectivity index (χ0n) is 13.1. The van der Waals surface area contributed by atoms with E-state index in [1.807, 2.05) is 38.1 Å². The molecule has 1 amide bonds. The monoisotopic (exact) mass is 301 g/mol. The summed E-state index contributed by atoms with van der Waals surface area (Å²) in [5.74, 6) is -1.32. The Morgan fingerprint density at radius 3 is 2.32 bits per heavy atom. The highest BCUT2D eigenvalue weighted by Crippen LogP contribution is 2.52. The van der Waals surface area contributed by atoms with E-state index in [1.54, 1.807) is 0 Å². The summed E-state index contributed by atoms with van der Waals surface area (Å²) in [6.45, 7) is 3.98. The van der Waals surface area contributed by atoms with Gasteiger partial charge in [-0.3, -0.25) is 9.59 Å². The minimum atomic E-state index is -0.810. The molecule has 4 heteroatoms. The van der Waals surface area contributed by atoms with Crippen molar-refractivity contribution in [3.63, 3.8) is 0 Å². The molecular formula is C18H23NO3. The Balaban J connectivity index is 1.71. The Labute approximate surface area is 130 Å². The normalized spacial score (nSPS) is 31.0. The van der Waals surface area contributed by atoms with Gasteiger partial charge in [-0.25, -0.2) is 0 Å². The van der Waals surface area contributed by atoms with Gasteiger partial charge < -0.3 is 10.4 Å². The SMILES string of the molecule is Cc1ccc([C@@H](C)NC(=O)[C@H]2[C@H]3CC[C@@H](C3)[C@@H]2C(=O)O)cc1. The van der Waals surface area contributed by atoms with Crippen LogP contribution in [-0.4, -0.2) is 17.0 Å². The molecule has 2 aliphatic carbocycles. The average molecular weight is 301 g/mol. The fourth-order valence-electron chi connectivity index (χ4n) is 4.27. The van der Waals surface area contributed by atoms with E-state index in [0.29, 0.717) is 0 Å². The first-order chi connectivity index (χ1) is 10.5. The maximum atomic E-state index is 12.6. The van der Waals surface area contributed by atoms with Crippen LogP contribution in [-0.2, 0) is 9.59 Å². The number of aryl methyl sites for hydroxylation is 1. The predicted molar refractivity (Wildman–Crippen MR) is 83.2 cm³/mol. The first kappa shape index (κ1) is 15.1. The maximum Gasteiger partial charge on any atom is 0.307 e. The standard InChI is InChI=1S/C18H23NO3/c1-10-3-5-12(6-4-10)11(2)19-17(20)15-13-7-8-14(9-13)16(15)18(21)22/h3-6,11,13-16H,7-9H2,1-2H3,(H,19,20)(H,21,22)/t11-,13+,14+,15+,16+/m1/s1. The first-order valence-electron chi connectivity index (χ1n) is 8.07. The lowest BCUT2D eigenvalue weighted by Crippen LogP contribution is -2.42. The van der Waals surface area contributed by atoms with Crippen LogP contribution in [0.4, 0.5) is 0 Å². The zero-order valence-corrected chi connectivity index (χ0v) is 13.1. The molecule has 0 aliphatic heterocycles. The zero-order chi connectivity index (χ0) is 15.9. The van der Waals surface area contributed by atoms with Gasteiger partial charge >= 0.3 is 5.97 Å². The molecular weight excluding hydrogens is 278 g/mol. The van der Waals surface area contributed by atoms with Crippen molar-refractivity contribution < 1.29 is 14.7 Å². The van der Waals surface area contributed by atoms with Crippen LogP contribution in [0.5, 0.6) is 0 Å². The number of rotatable bonds is 4. The summed E-state index contributed by atoms with van der Waals surface area (Å²) in [5.41, 5.74) is 2.23. The van der Waals surface area contributed by atoms with Crippen molar-refractivity contribution in [3.05, 3.63) is 35.4 Å². The molecule has 3 rings (SSSR count). The van der Waals surface area contributed by atoms with Crippen LogP contribution in [0.15, 0.2) is 24.3 Å². The van der Waals surface area contributed by atoms with Crippen LogP contribution in [0.2, 0.25) is 0 Å². The van der Waals surface area contributed by atoms with Crippen LogP contribution in [0.3, 0.4) is 0 Å². The fourth-order valence-corrected chi connectivity index (χ4v) is 4.27. The van der Waals surface area contributed by atoms with E-state index in [-0.39, 0.29) is 29.7 Å². The second-order valence-electron chi connectivity index (χ2n) is 6.86. The fraction of sp³-hybridized carbons (Fsp3) is 0.556. The van der Waals surface area contributed by atoms with Gasteiger partial charge in [-0.05, 0) is 50.5 Å². The molecule has 2 saturated carbocycles. The van der Waals surface area contributed by atoms with Gasteiger partial charge in [0.2, 0.25) is 5.91 Å². The highest BCUT2D eigenvalue weighted by atomic mass is 16.4. The van der Waals surface area contributed by atoms with Crippen LogP contribution in [0.25, 0.3) is 0 Å². The number of fused-ring (bicyclic) bond motifs is 2. The minimum Gasteiger partial charge on any atom is -0.481 e. The van der Waals surface area contributed by atoms with Crippen molar-refractivity contribution in [2.75, 3.05) is 0 Å². The molecule has 2 bridgehead atoms. The van der Waals surface area contributed by atoms with Crippen LogP contribution < -0.4 is 5.32 Å². The molecule has 5 atom stereocenters. The van der Waals surface area contributed by atoms with Crippen molar-refractivity contribution >= 4 is 11.9 Å². The van der Waals surface area contributed by atoms with Crippen molar-refractivity contribution in [2.45, 2.75) is 39.2 Å². The molecule has 0 saturated heterocycles. The lowest BCUT2D eigenvalue weighted by Gasteiger charge is -2.28. The van der Waals surface area contributed by atoms with Crippen molar-refractivity contribution in [3.8, 4) is 0 Å². The molecule has 0 aromatic heterocycles.